The molecule has 0 unspecified atom stereocenters. The van der Waals surface area contributed by atoms with Crippen molar-refractivity contribution in [2.45, 2.75) is 6.61 Å². The number of nitrogens with one attached hydrogen (secondary N) is 1. The Balaban J connectivity index is 1.79. The molecule has 3 rings (SSSR count). The van der Waals surface area contributed by atoms with Crippen molar-refractivity contribution >= 4 is 18.0 Å². The first-order valence-electron chi connectivity index (χ1n) is 8.06. The summed E-state index contributed by atoms with van der Waals surface area (Å²) < 4.78 is 20.5. The van der Waals surface area contributed by atoms with Gasteiger partial charge in [0.05, 0.1) is 19.6 Å². The predicted molar refractivity (Wildman–Crippen MR) is 95.6 cm³/mol. The van der Waals surface area contributed by atoms with E-state index in [4.69, 9.17) is 18.3 Å². The number of carbonyl (C=O) groups excluding carboxylic acids is 2. The average Bonchev–Trinajstić information content (AvgIpc) is 3.40. The third-order valence-corrected chi connectivity index (χ3v) is 3.57. The molecule has 1 amide bonds. The minimum Gasteiger partial charge on any atom is -0.497 e. The molecule has 0 spiro atoms. The Labute approximate surface area is 155 Å². The summed E-state index contributed by atoms with van der Waals surface area (Å²) in [5.41, 5.74) is 0.647. The average molecular weight is 367 g/mol. The van der Waals surface area contributed by atoms with E-state index >= 15 is 0 Å². The Kier molecular flexibility index (Phi) is 5.73. The topological polar surface area (TPSA) is 90.9 Å². The van der Waals surface area contributed by atoms with Gasteiger partial charge in [0.2, 0.25) is 0 Å². The lowest BCUT2D eigenvalue weighted by atomic mass is 10.2. The quantitative estimate of drug-likeness (QED) is 0.508. The molecule has 3 aromatic rings. The second-order valence-electron chi connectivity index (χ2n) is 5.42. The first kappa shape index (κ1) is 18.1. The largest absolute Gasteiger partial charge is 0.497 e. The maximum absolute atomic E-state index is 12.5. The van der Waals surface area contributed by atoms with E-state index in [1.54, 1.807) is 49.6 Å². The normalized spacial score (nSPS) is 11.1. The summed E-state index contributed by atoms with van der Waals surface area (Å²) in [6.07, 6.45) is 4.36. The van der Waals surface area contributed by atoms with Crippen LogP contribution >= 0.6 is 0 Å². The van der Waals surface area contributed by atoms with E-state index in [0.29, 0.717) is 17.1 Å². The van der Waals surface area contributed by atoms with Crippen molar-refractivity contribution in [2.24, 2.45) is 0 Å². The molecular formula is C20H17NO6. The van der Waals surface area contributed by atoms with Gasteiger partial charge < -0.3 is 23.6 Å². The van der Waals surface area contributed by atoms with Crippen molar-refractivity contribution in [1.82, 2.24) is 5.32 Å². The number of esters is 1. The van der Waals surface area contributed by atoms with E-state index in [1.807, 2.05) is 0 Å². The number of amides is 1. The Morgan fingerprint density at radius 3 is 2.41 bits per heavy atom. The smallest absolute Gasteiger partial charge is 0.355 e. The maximum Gasteiger partial charge on any atom is 0.355 e. The van der Waals surface area contributed by atoms with E-state index in [9.17, 15) is 9.59 Å². The highest BCUT2D eigenvalue weighted by Crippen LogP contribution is 2.15. The number of methoxy groups -OCH3 is 1. The summed E-state index contributed by atoms with van der Waals surface area (Å²) in [6.45, 7) is -0.0532. The third-order valence-electron chi connectivity index (χ3n) is 3.57. The van der Waals surface area contributed by atoms with Gasteiger partial charge in [-0.05, 0) is 48.0 Å². The SMILES string of the molecule is COc1ccc(C=C(NC(=O)c2ccco2)C(=O)OCc2ccco2)cc1. The molecule has 0 aliphatic rings. The summed E-state index contributed by atoms with van der Waals surface area (Å²) in [5.74, 6) is -0.0236. The van der Waals surface area contributed by atoms with Crippen LogP contribution in [0.3, 0.4) is 0 Å². The molecule has 0 saturated carbocycles. The van der Waals surface area contributed by atoms with Gasteiger partial charge in [-0.3, -0.25) is 4.79 Å². The van der Waals surface area contributed by atoms with Crippen molar-refractivity contribution in [2.75, 3.05) is 7.11 Å². The fourth-order valence-electron chi connectivity index (χ4n) is 2.21. The van der Waals surface area contributed by atoms with Gasteiger partial charge in [-0.2, -0.15) is 0 Å². The molecular weight excluding hydrogens is 350 g/mol. The lowest BCUT2D eigenvalue weighted by Crippen LogP contribution is -2.28. The molecule has 0 aliphatic carbocycles. The van der Waals surface area contributed by atoms with Gasteiger partial charge in [-0.1, -0.05) is 12.1 Å². The number of carbonyl (C=O) groups is 2. The highest BCUT2D eigenvalue weighted by atomic mass is 16.5. The molecule has 1 aromatic carbocycles. The van der Waals surface area contributed by atoms with E-state index in [0.717, 1.165) is 0 Å². The summed E-state index contributed by atoms with van der Waals surface area (Å²) in [6, 6.07) is 13.4. The fourth-order valence-corrected chi connectivity index (χ4v) is 2.21. The van der Waals surface area contributed by atoms with Gasteiger partial charge in [0.25, 0.3) is 5.91 Å². The molecule has 0 saturated heterocycles. The third kappa shape index (κ3) is 4.88. The van der Waals surface area contributed by atoms with Crippen LogP contribution in [0.2, 0.25) is 0 Å². The number of benzene rings is 1. The second kappa shape index (κ2) is 8.57. The van der Waals surface area contributed by atoms with Crippen LogP contribution in [0.4, 0.5) is 0 Å². The van der Waals surface area contributed by atoms with Gasteiger partial charge in [-0.15, -0.1) is 0 Å². The molecule has 7 nitrogen and oxygen atoms in total. The van der Waals surface area contributed by atoms with Crippen LogP contribution in [-0.4, -0.2) is 19.0 Å². The lowest BCUT2D eigenvalue weighted by Gasteiger charge is -2.09. The number of ether oxygens (including phenoxy) is 2. The van der Waals surface area contributed by atoms with Crippen LogP contribution < -0.4 is 10.1 Å². The lowest BCUT2D eigenvalue weighted by molar-refractivity contribution is -0.141. The van der Waals surface area contributed by atoms with Crippen LogP contribution in [0, 0.1) is 0 Å². The molecule has 0 atom stereocenters. The Morgan fingerprint density at radius 1 is 1.04 bits per heavy atom. The monoisotopic (exact) mass is 367 g/mol. The molecule has 0 fully saturated rings. The van der Waals surface area contributed by atoms with E-state index in [2.05, 4.69) is 5.32 Å². The first-order chi connectivity index (χ1) is 13.2. The van der Waals surface area contributed by atoms with Crippen molar-refractivity contribution < 1.29 is 27.9 Å². The van der Waals surface area contributed by atoms with Crippen molar-refractivity contribution in [3.63, 3.8) is 0 Å². The molecule has 7 heteroatoms. The minimum absolute atomic E-state index is 0.0341. The van der Waals surface area contributed by atoms with Gasteiger partial charge in [0, 0.05) is 0 Å². The Morgan fingerprint density at radius 2 is 1.78 bits per heavy atom. The first-order valence-corrected chi connectivity index (χ1v) is 8.06. The van der Waals surface area contributed by atoms with E-state index < -0.39 is 11.9 Å². The number of hydrogen-bond acceptors (Lipinski definition) is 6. The van der Waals surface area contributed by atoms with Crippen molar-refractivity contribution in [3.05, 3.63) is 83.8 Å². The molecule has 2 aromatic heterocycles. The Hall–Kier alpha value is -3.74. The zero-order valence-electron chi connectivity index (χ0n) is 14.5. The zero-order chi connectivity index (χ0) is 19.1. The Bertz CT molecular complexity index is 908. The van der Waals surface area contributed by atoms with Crippen LogP contribution in [-0.2, 0) is 16.1 Å². The van der Waals surface area contributed by atoms with Crippen molar-refractivity contribution in [3.8, 4) is 5.75 Å². The van der Waals surface area contributed by atoms with Crippen LogP contribution in [0.15, 0.2) is 75.6 Å². The minimum atomic E-state index is -0.706. The number of hydrogen-bond donors (Lipinski definition) is 1. The second-order valence-corrected chi connectivity index (χ2v) is 5.42. The van der Waals surface area contributed by atoms with E-state index in [-0.39, 0.29) is 18.1 Å². The maximum atomic E-state index is 12.5. The van der Waals surface area contributed by atoms with Gasteiger partial charge >= 0.3 is 5.97 Å². The zero-order valence-corrected chi connectivity index (χ0v) is 14.5. The number of furan rings is 2. The molecule has 138 valence electrons. The number of rotatable bonds is 7. The highest BCUT2D eigenvalue weighted by Gasteiger charge is 2.18. The van der Waals surface area contributed by atoms with Crippen LogP contribution in [0.1, 0.15) is 21.9 Å². The molecule has 0 aliphatic heterocycles. The molecule has 0 bridgehead atoms. The summed E-state index contributed by atoms with van der Waals surface area (Å²) in [5, 5.41) is 2.52. The van der Waals surface area contributed by atoms with E-state index in [1.165, 1.54) is 24.7 Å². The van der Waals surface area contributed by atoms with Gasteiger partial charge in [-0.25, -0.2) is 4.79 Å². The standard InChI is InChI=1S/C20H17NO6/c1-24-15-8-6-14(7-9-15)12-17(21-19(22)18-5-3-11-26-18)20(23)27-13-16-4-2-10-25-16/h2-12H,13H2,1H3,(H,21,22). The van der Waals surface area contributed by atoms with Gasteiger partial charge in [0.1, 0.15) is 23.8 Å². The molecule has 27 heavy (non-hydrogen) atoms. The molecule has 1 N–H and O–H groups in total. The van der Waals surface area contributed by atoms with Gasteiger partial charge in [0.15, 0.2) is 5.76 Å². The highest BCUT2D eigenvalue weighted by molar-refractivity contribution is 6.02. The summed E-state index contributed by atoms with van der Waals surface area (Å²) in [4.78, 5) is 24.7. The van der Waals surface area contributed by atoms with Crippen LogP contribution in [0.25, 0.3) is 6.08 Å². The predicted octanol–water partition coefficient (Wildman–Crippen LogP) is 3.40. The molecule has 2 heterocycles. The van der Waals surface area contributed by atoms with Crippen LogP contribution in [0.5, 0.6) is 5.75 Å². The summed E-state index contributed by atoms with van der Waals surface area (Å²) >= 11 is 0. The van der Waals surface area contributed by atoms with Crippen molar-refractivity contribution in [1.29, 1.82) is 0 Å². The summed E-state index contributed by atoms with van der Waals surface area (Å²) in [7, 11) is 1.56. The molecule has 0 radical (unpaired) electrons. The fraction of sp³-hybridized carbons (Fsp3) is 0.100.